The molecule has 0 saturated carbocycles. The van der Waals surface area contributed by atoms with Gasteiger partial charge in [0, 0.05) is 19.3 Å². The summed E-state index contributed by atoms with van der Waals surface area (Å²) in [5, 5.41) is 0. The molecule has 75 heavy (non-hydrogen) atoms. The molecule has 0 saturated heterocycles. The molecule has 0 N–H and O–H groups in total. The van der Waals surface area contributed by atoms with Crippen LogP contribution in [0.5, 0.6) is 0 Å². The van der Waals surface area contributed by atoms with Gasteiger partial charge in [-0.2, -0.15) is 0 Å². The maximum Gasteiger partial charge on any atom is 0.306 e. The van der Waals surface area contributed by atoms with E-state index in [1.807, 2.05) is 0 Å². The van der Waals surface area contributed by atoms with Crippen molar-refractivity contribution in [3.05, 3.63) is 97.2 Å². The van der Waals surface area contributed by atoms with Crippen LogP contribution >= 0.6 is 0 Å². The highest BCUT2D eigenvalue weighted by atomic mass is 16.6. The number of allylic oxidation sites excluding steroid dienone is 16. The van der Waals surface area contributed by atoms with Crippen LogP contribution in [0.15, 0.2) is 97.2 Å². The van der Waals surface area contributed by atoms with Crippen LogP contribution in [0.2, 0.25) is 0 Å². The summed E-state index contributed by atoms with van der Waals surface area (Å²) in [4.78, 5) is 38.2. The minimum Gasteiger partial charge on any atom is -0.462 e. The summed E-state index contributed by atoms with van der Waals surface area (Å²) in [6.07, 6.45) is 84.2. The summed E-state index contributed by atoms with van der Waals surface area (Å²) in [5.74, 6) is -0.924. The zero-order chi connectivity index (χ0) is 54.3. The Morgan fingerprint density at radius 2 is 0.520 bits per heavy atom. The summed E-state index contributed by atoms with van der Waals surface area (Å²) in [7, 11) is 0. The van der Waals surface area contributed by atoms with Gasteiger partial charge < -0.3 is 14.2 Å². The number of carbonyl (C=O) groups is 3. The number of carbonyl (C=O) groups excluding carboxylic acids is 3. The molecule has 0 spiro atoms. The predicted octanol–water partition coefficient (Wildman–Crippen LogP) is 21.7. The topological polar surface area (TPSA) is 78.9 Å². The van der Waals surface area contributed by atoms with Crippen LogP contribution in [0.4, 0.5) is 0 Å². The number of ether oxygens (including phenoxy) is 3. The van der Waals surface area contributed by atoms with Gasteiger partial charge in [-0.15, -0.1) is 0 Å². The first-order valence-electron chi connectivity index (χ1n) is 31.7. The molecule has 0 aliphatic heterocycles. The fraction of sp³-hybridized carbons (Fsp3) is 0.725. The SMILES string of the molecule is CC/C=C\C/C=C\C/C=C\CCCCCC(=O)OCC(COC(=O)CCCCCCCCCCCCCC/C=C\C/C=C\C/C=C\CCCCCCC)OC(=O)CCCCCCCCC/C=C\C/C=C\CCCCC. The largest absolute Gasteiger partial charge is 0.462 e. The van der Waals surface area contributed by atoms with E-state index in [-0.39, 0.29) is 31.1 Å². The van der Waals surface area contributed by atoms with E-state index in [0.29, 0.717) is 19.3 Å². The molecule has 0 rings (SSSR count). The Morgan fingerprint density at radius 1 is 0.280 bits per heavy atom. The molecule has 0 heterocycles. The molecule has 0 aliphatic carbocycles. The molecule has 0 bridgehead atoms. The molecule has 0 radical (unpaired) electrons. The molecule has 6 nitrogen and oxygen atoms in total. The molecule has 0 aliphatic rings. The second kappa shape index (κ2) is 62.9. The van der Waals surface area contributed by atoms with E-state index >= 15 is 0 Å². The summed E-state index contributed by atoms with van der Waals surface area (Å²) in [5.41, 5.74) is 0. The third-order valence-corrected chi connectivity index (χ3v) is 13.5. The van der Waals surface area contributed by atoms with E-state index in [2.05, 4.69) is 118 Å². The van der Waals surface area contributed by atoms with E-state index in [1.54, 1.807) is 0 Å². The average molecular weight is 1040 g/mol. The quantitative estimate of drug-likeness (QED) is 0.0261. The van der Waals surface area contributed by atoms with Gasteiger partial charge in [0.05, 0.1) is 0 Å². The minimum atomic E-state index is -0.796. The van der Waals surface area contributed by atoms with Crippen LogP contribution in [-0.4, -0.2) is 37.2 Å². The molecule has 0 aromatic rings. The van der Waals surface area contributed by atoms with Crippen molar-refractivity contribution in [3.8, 4) is 0 Å². The highest BCUT2D eigenvalue weighted by Gasteiger charge is 2.19. The number of hydrogen-bond donors (Lipinski definition) is 0. The van der Waals surface area contributed by atoms with Crippen LogP contribution in [0.25, 0.3) is 0 Å². The van der Waals surface area contributed by atoms with Gasteiger partial charge in [-0.05, 0) is 122 Å². The van der Waals surface area contributed by atoms with E-state index in [9.17, 15) is 14.4 Å². The number of esters is 3. The highest BCUT2D eigenvalue weighted by molar-refractivity contribution is 5.71. The third kappa shape index (κ3) is 61.1. The van der Waals surface area contributed by atoms with Crippen molar-refractivity contribution < 1.29 is 28.6 Å². The van der Waals surface area contributed by atoms with Crippen LogP contribution in [-0.2, 0) is 28.6 Å². The van der Waals surface area contributed by atoms with Crippen molar-refractivity contribution in [1.82, 2.24) is 0 Å². The molecule has 0 aromatic heterocycles. The number of rotatable bonds is 57. The lowest BCUT2D eigenvalue weighted by Crippen LogP contribution is -2.30. The first-order valence-corrected chi connectivity index (χ1v) is 31.7. The van der Waals surface area contributed by atoms with E-state index < -0.39 is 6.10 Å². The van der Waals surface area contributed by atoms with Gasteiger partial charge in [0.1, 0.15) is 13.2 Å². The van der Waals surface area contributed by atoms with Gasteiger partial charge >= 0.3 is 17.9 Å². The molecule has 0 amide bonds. The summed E-state index contributed by atoms with van der Waals surface area (Å²) >= 11 is 0. The van der Waals surface area contributed by atoms with Crippen LogP contribution < -0.4 is 0 Å². The van der Waals surface area contributed by atoms with Crippen LogP contribution in [0, 0.1) is 0 Å². The van der Waals surface area contributed by atoms with Gasteiger partial charge in [0.15, 0.2) is 6.10 Å². The molecular formula is C69H118O6. The third-order valence-electron chi connectivity index (χ3n) is 13.5. The molecular weight excluding hydrogens is 925 g/mol. The van der Waals surface area contributed by atoms with Crippen molar-refractivity contribution in [3.63, 3.8) is 0 Å². The Labute approximate surface area is 464 Å². The van der Waals surface area contributed by atoms with E-state index in [1.165, 1.54) is 154 Å². The van der Waals surface area contributed by atoms with Gasteiger partial charge in [-0.1, -0.05) is 259 Å². The zero-order valence-electron chi connectivity index (χ0n) is 49.3. The van der Waals surface area contributed by atoms with Crippen molar-refractivity contribution in [1.29, 1.82) is 0 Å². The minimum absolute atomic E-state index is 0.0908. The second-order valence-corrected chi connectivity index (χ2v) is 20.9. The fourth-order valence-electron chi connectivity index (χ4n) is 8.79. The van der Waals surface area contributed by atoms with Gasteiger partial charge in [-0.25, -0.2) is 0 Å². The summed E-state index contributed by atoms with van der Waals surface area (Å²) in [6.45, 7) is 6.47. The first kappa shape index (κ1) is 71.3. The Bertz CT molecular complexity index is 1480. The maximum atomic E-state index is 12.9. The Hall–Kier alpha value is -3.67. The van der Waals surface area contributed by atoms with Crippen molar-refractivity contribution in [2.45, 2.75) is 309 Å². The molecule has 6 heteroatoms. The average Bonchev–Trinajstić information content (AvgIpc) is 3.41. The highest BCUT2D eigenvalue weighted by Crippen LogP contribution is 2.16. The second-order valence-electron chi connectivity index (χ2n) is 20.9. The van der Waals surface area contributed by atoms with Crippen LogP contribution in [0.3, 0.4) is 0 Å². The monoisotopic (exact) mass is 1040 g/mol. The predicted molar refractivity (Wildman–Crippen MR) is 325 cm³/mol. The van der Waals surface area contributed by atoms with Crippen LogP contribution in [0.1, 0.15) is 303 Å². The number of unbranched alkanes of at least 4 members (excludes halogenated alkanes) is 30. The Morgan fingerprint density at radius 3 is 0.853 bits per heavy atom. The lowest BCUT2D eigenvalue weighted by Gasteiger charge is -2.18. The summed E-state index contributed by atoms with van der Waals surface area (Å²) < 4.78 is 16.9. The normalized spacial score (nSPS) is 12.7. The Kier molecular flexibility index (Phi) is 59.8. The zero-order valence-corrected chi connectivity index (χ0v) is 49.3. The standard InChI is InChI=1S/C69H118O6/c1-4-7-10-13-16-19-22-25-27-29-30-31-32-33-34-35-36-37-38-40-41-44-47-50-53-56-59-62-68(71)74-65-66(64-73-67(70)61-58-55-52-49-46-43-24-21-18-15-12-9-6-3)75-69(72)63-60-57-54-51-48-45-42-39-28-26-23-20-17-14-11-8-5-2/h9,12,17-18,20-22,25-26,28-30,32-33,43,46,66H,4-8,10-11,13-16,19,23-24,27,31,34-42,44-45,47-65H2,1-3H3/b12-9-,20-17-,21-18-,25-22-,28-26-,30-29-,33-32-,46-43-. The fourth-order valence-corrected chi connectivity index (χ4v) is 8.79. The molecule has 1 unspecified atom stereocenters. The lowest BCUT2D eigenvalue weighted by atomic mass is 10.0. The molecule has 0 fully saturated rings. The van der Waals surface area contributed by atoms with E-state index in [4.69, 9.17) is 14.2 Å². The molecule has 1 atom stereocenters. The van der Waals surface area contributed by atoms with Gasteiger partial charge in [-0.3, -0.25) is 14.4 Å². The lowest BCUT2D eigenvalue weighted by molar-refractivity contribution is -0.167. The van der Waals surface area contributed by atoms with E-state index in [0.717, 1.165) is 109 Å². The van der Waals surface area contributed by atoms with Gasteiger partial charge in [0.25, 0.3) is 0 Å². The van der Waals surface area contributed by atoms with Crippen molar-refractivity contribution in [2.75, 3.05) is 13.2 Å². The number of hydrogen-bond acceptors (Lipinski definition) is 6. The van der Waals surface area contributed by atoms with Crippen molar-refractivity contribution in [2.24, 2.45) is 0 Å². The maximum absolute atomic E-state index is 12.9. The smallest absolute Gasteiger partial charge is 0.306 e. The first-order chi connectivity index (χ1) is 37.0. The Balaban J connectivity index is 4.31. The molecule has 430 valence electrons. The summed E-state index contributed by atoms with van der Waals surface area (Å²) in [6, 6.07) is 0. The molecule has 0 aromatic carbocycles. The van der Waals surface area contributed by atoms with Gasteiger partial charge in [0.2, 0.25) is 0 Å². The van der Waals surface area contributed by atoms with Crippen molar-refractivity contribution >= 4 is 17.9 Å².